The number of rotatable bonds is 8. The van der Waals surface area contributed by atoms with Gasteiger partial charge in [-0.2, -0.15) is 0 Å². The first-order chi connectivity index (χ1) is 13.5. The molecule has 1 amide bonds. The van der Waals surface area contributed by atoms with Gasteiger partial charge in [0, 0.05) is 5.69 Å². The van der Waals surface area contributed by atoms with Crippen LogP contribution in [0.4, 0.5) is 10.8 Å². The summed E-state index contributed by atoms with van der Waals surface area (Å²) >= 11 is 2.82. The molecular weight excluding hydrogens is 392 g/mol. The Morgan fingerprint density at radius 3 is 2.46 bits per heavy atom. The van der Waals surface area contributed by atoms with Crippen LogP contribution in [0.15, 0.2) is 58.9 Å². The van der Waals surface area contributed by atoms with E-state index in [1.54, 1.807) is 7.11 Å². The van der Waals surface area contributed by atoms with Crippen molar-refractivity contribution >= 4 is 39.8 Å². The molecule has 1 heterocycles. The van der Waals surface area contributed by atoms with Crippen molar-refractivity contribution in [3.63, 3.8) is 0 Å². The van der Waals surface area contributed by atoms with E-state index in [4.69, 9.17) is 4.74 Å². The van der Waals surface area contributed by atoms with Gasteiger partial charge < -0.3 is 15.4 Å². The Morgan fingerprint density at radius 1 is 1.07 bits per heavy atom. The van der Waals surface area contributed by atoms with E-state index in [1.807, 2.05) is 68.4 Å². The normalized spacial score (nSPS) is 12.8. The number of carbonyl (C=O) groups excluding carboxylic acids is 1. The predicted molar refractivity (Wildman–Crippen MR) is 115 cm³/mol. The van der Waals surface area contributed by atoms with Gasteiger partial charge in [0.1, 0.15) is 5.75 Å². The average molecular weight is 415 g/mol. The van der Waals surface area contributed by atoms with Crippen molar-refractivity contribution in [2.75, 3.05) is 12.4 Å². The Labute approximate surface area is 172 Å². The lowest BCUT2D eigenvalue weighted by Crippen LogP contribution is -2.33. The van der Waals surface area contributed by atoms with Crippen molar-refractivity contribution in [3.8, 4) is 5.75 Å². The number of methoxy groups -OCH3 is 1. The van der Waals surface area contributed by atoms with Gasteiger partial charge in [-0.3, -0.25) is 4.79 Å². The summed E-state index contributed by atoms with van der Waals surface area (Å²) in [7, 11) is 1.63. The van der Waals surface area contributed by atoms with Crippen LogP contribution in [0, 0.1) is 0 Å². The molecule has 2 aromatic carbocycles. The highest BCUT2D eigenvalue weighted by Crippen LogP contribution is 2.31. The molecular formula is C20H22N4O2S2. The number of ether oxygens (including phenoxy) is 1. The van der Waals surface area contributed by atoms with Crippen LogP contribution in [-0.4, -0.2) is 28.5 Å². The molecule has 3 rings (SSSR count). The number of thioether (sulfide) groups is 1. The molecule has 2 atom stereocenters. The summed E-state index contributed by atoms with van der Waals surface area (Å²) in [5.74, 6) is 0.768. The molecule has 0 aliphatic carbocycles. The molecule has 0 fully saturated rings. The number of amides is 1. The molecule has 0 saturated heterocycles. The average Bonchev–Trinajstić information content (AvgIpc) is 3.15. The van der Waals surface area contributed by atoms with Crippen LogP contribution >= 0.6 is 23.1 Å². The van der Waals surface area contributed by atoms with E-state index in [0.717, 1.165) is 21.3 Å². The maximum absolute atomic E-state index is 12.5. The smallest absolute Gasteiger partial charge is 0.233 e. The molecule has 0 spiro atoms. The summed E-state index contributed by atoms with van der Waals surface area (Å²) in [5.41, 5.74) is 1.98. The Bertz CT molecular complexity index is 900. The molecule has 0 aliphatic heterocycles. The number of nitrogens with zero attached hydrogens (tertiary/aromatic N) is 2. The van der Waals surface area contributed by atoms with Gasteiger partial charge in [0.25, 0.3) is 0 Å². The molecule has 0 saturated carbocycles. The minimum atomic E-state index is -0.270. The lowest BCUT2D eigenvalue weighted by atomic mass is 10.1. The zero-order chi connectivity index (χ0) is 19.9. The molecule has 2 N–H and O–H groups in total. The maximum Gasteiger partial charge on any atom is 0.233 e. The van der Waals surface area contributed by atoms with E-state index in [9.17, 15) is 4.79 Å². The van der Waals surface area contributed by atoms with Gasteiger partial charge >= 0.3 is 0 Å². The van der Waals surface area contributed by atoms with Gasteiger partial charge in [-0.15, -0.1) is 10.2 Å². The first-order valence-corrected chi connectivity index (χ1v) is 10.5. The summed E-state index contributed by atoms with van der Waals surface area (Å²) in [6.45, 7) is 3.85. The summed E-state index contributed by atoms with van der Waals surface area (Å²) in [6, 6.07) is 17.4. The molecule has 2 unspecified atom stereocenters. The van der Waals surface area contributed by atoms with Crippen molar-refractivity contribution in [3.05, 3.63) is 60.2 Å². The minimum Gasteiger partial charge on any atom is -0.497 e. The largest absolute Gasteiger partial charge is 0.497 e. The Hall–Kier alpha value is -2.58. The molecule has 0 aliphatic rings. The summed E-state index contributed by atoms with van der Waals surface area (Å²) in [6.07, 6.45) is 0. The fraction of sp³-hybridized carbons (Fsp3) is 0.250. The zero-order valence-corrected chi connectivity index (χ0v) is 17.5. The van der Waals surface area contributed by atoms with Crippen LogP contribution in [0.1, 0.15) is 25.5 Å². The fourth-order valence-corrected chi connectivity index (χ4v) is 4.39. The van der Waals surface area contributed by atoms with Crippen LogP contribution < -0.4 is 15.4 Å². The van der Waals surface area contributed by atoms with Crippen LogP contribution in [-0.2, 0) is 4.79 Å². The van der Waals surface area contributed by atoms with E-state index >= 15 is 0 Å². The second-order valence-electron chi connectivity index (χ2n) is 6.13. The highest BCUT2D eigenvalue weighted by atomic mass is 32.2. The minimum absolute atomic E-state index is 0.0267. The van der Waals surface area contributed by atoms with Gasteiger partial charge in [0.05, 0.1) is 18.4 Å². The maximum atomic E-state index is 12.5. The molecule has 146 valence electrons. The SMILES string of the molecule is COc1ccc(Nc2nnc(SC(C)C(=O)NC(C)c3ccccc3)s2)cc1. The van der Waals surface area contributed by atoms with E-state index in [-0.39, 0.29) is 17.2 Å². The van der Waals surface area contributed by atoms with Gasteiger partial charge in [-0.25, -0.2) is 0 Å². The number of benzene rings is 2. The number of carbonyl (C=O) groups is 1. The third-order valence-electron chi connectivity index (χ3n) is 4.05. The first kappa shape index (κ1) is 20.2. The third-order valence-corrected chi connectivity index (χ3v) is 6.08. The fourth-order valence-electron chi connectivity index (χ4n) is 2.47. The Balaban J connectivity index is 1.54. The topological polar surface area (TPSA) is 76.1 Å². The molecule has 28 heavy (non-hydrogen) atoms. The number of anilines is 2. The van der Waals surface area contributed by atoms with Crippen LogP contribution in [0.5, 0.6) is 5.75 Å². The number of aromatic nitrogens is 2. The van der Waals surface area contributed by atoms with Crippen molar-refractivity contribution in [2.45, 2.75) is 29.5 Å². The van der Waals surface area contributed by atoms with E-state index in [0.29, 0.717) is 5.13 Å². The Morgan fingerprint density at radius 2 is 1.79 bits per heavy atom. The molecule has 6 nitrogen and oxygen atoms in total. The molecule has 8 heteroatoms. The number of nitrogens with one attached hydrogen (secondary N) is 2. The quantitative estimate of drug-likeness (QED) is 0.523. The van der Waals surface area contributed by atoms with Gasteiger partial charge in [0.2, 0.25) is 11.0 Å². The standard InChI is InChI=1S/C20H22N4O2S2/c1-13(15-7-5-4-6-8-15)21-18(25)14(2)27-20-24-23-19(28-20)22-16-9-11-17(26-3)12-10-16/h4-14H,1-3H3,(H,21,25)(H,22,23). The first-order valence-electron chi connectivity index (χ1n) is 8.81. The summed E-state index contributed by atoms with van der Waals surface area (Å²) in [5, 5.41) is 15.0. The molecule has 0 bridgehead atoms. The summed E-state index contributed by atoms with van der Waals surface area (Å²) < 4.78 is 5.89. The van der Waals surface area contributed by atoms with Crippen molar-refractivity contribution in [1.82, 2.24) is 15.5 Å². The molecule has 3 aromatic rings. The van der Waals surface area contributed by atoms with Crippen molar-refractivity contribution in [2.24, 2.45) is 0 Å². The lowest BCUT2D eigenvalue weighted by molar-refractivity contribution is -0.120. The zero-order valence-electron chi connectivity index (χ0n) is 15.9. The van der Waals surface area contributed by atoms with E-state index < -0.39 is 0 Å². The highest BCUT2D eigenvalue weighted by Gasteiger charge is 2.19. The second-order valence-corrected chi connectivity index (χ2v) is 8.69. The monoisotopic (exact) mass is 414 g/mol. The predicted octanol–water partition coefficient (Wildman–Crippen LogP) is 4.65. The van der Waals surface area contributed by atoms with Crippen LogP contribution in [0.2, 0.25) is 0 Å². The highest BCUT2D eigenvalue weighted by molar-refractivity contribution is 8.02. The van der Waals surface area contributed by atoms with Gasteiger partial charge in [-0.1, -0.05) is 53.4 Å². The number of hydrogen-bond donors (Lipinski definition) is 2. The van der Waals surface area contributed by atoms with Crippen molar-refractivity contribution in [1.29, 1.82) is 0 Å². The van der Waals surface area contributed by atoms with E-state index in [2.05, 4.69) is 20.8 Å². The molecule has 0 radical (unpaired) electrons. The number of hydrogen-bond acceptors (Lipinski definition) is 7. The lowest BCUT2D eigenvalue weighted by Gasteiger charge is -2.17. The Kier molecular flexibility index (Phi) is 6.89. The second kappa shape index (κ2) is 9.57. The van der Waals surface area contributed by atoms with Gasteiger partial charge in [-0.05, 0) is 43.7 Å². The molecule has 1 aromatic heterocycles. The van der Waals surface area contributed by atoms with E-state index in [1.165, 1.54) is 23.1 Å². The van der Waals surface area contributed by atoms with Gasteiger partial charge in [0.15, 0.2) is 4.34 Å². The third kappa shape index (κ3) is 5.46. The van der Waals surface area contributed by atoms with Crippen molar-refractivity contribution < 1.29 is 9.53 Å². The summed E-state index contributed by atoms with van der Waals surface area (Å²) in [4.78, 5) is 12.5. The van der Waals surface area contributed by atoms with Crippen LogP contribution in [0.3, 0.4) is 0 Å². The van der Waals surface area contributed by atoms with Crippen LogP contribution in [0.25, 0.3) is 0 Å².